The van der Waals surface area contributed by atoms with Gasteiger partial charge in [-0.25, -0.2) is 8.42 Å². The molecule has 0 atom stereocenters. The standard InChI is InChI=1S/C15H10O10S.C5H11N/c16-7-4-9(18)12-11(5-7)24-15(14(20)13(12)19)6-1-2-8(17)10(3-6)25-26(21,22)23;1-2-4-6-5-3-1/h1-5,16-18,20H,(H,21,22,23);6H,1-5H2. The van der Waals surface area contributed by atoms with Gasteiger partial charge in [-0.05, 0) is 37.5 Å². The summed E-state index contributed by atoms with van der Waals surface area (Å²) in [5.74, 6) is -3.88. The van der Waals surface area contributed by atoms with Gasteiger partial charge in [-0.15, -0.1) is 0 Å². The van der Waals surface area contributed by atoms with E-state index < -0.39 is 50.3 Å². The summed E-state index contributed by atoms with van der Waals surface area (Å²) in [6.07, 6.45) is 4.36. The monoisotopic (exact) mass is 467 g/mol. The lowest BCUT2D eigenvalue weighted by molar-refractivity contribution is -0.662. The van der Waals surface area contributed by atoms with E-state index in [1.54, 1.807) is 0 Å². The van der Waals surface area contributed by atoms with Crippen molar-refractivity contribution in [1.82, 2.24) is 0 Å². The molecule has 1 fully saturated rings. The number of aromatic hydroxyl groups is 4. The van der Waals surface area contributed by atoms with Crippen molar-refractivity contribution >= 4 is 21.4 Å². The summed E-state index contributed by atoms with van der Waals surface area (Å²) in [6, 6.07) is 4.83. The molecule has 172 valence electrons. The van der Waals surface area contributed by atoms with Gasteiger partial charge in [0.25, 0.3) is 10.4 Å². The van der Waals surface area contributed by atoms with Crippen molar-refractivity contribution in [3.05, 3.63) is 40.6 Å². The van der Waals surface area contributed by atoms with Gasteiger partial charge in [0.1, 0.15) is 22.5 Å². The lowest BCUT2D eigenvalue weighted by Crippen LogP contribution is -2.85. The van der Waals surface area contributed by atoms with E-state index in [0.717, 1.165) is 30.3 Å². The molecule has 2 heterocycles. The maximum atomic E-state index is 12.3. The molecule has 32 heavy (non-hydrogen) atoms. The predicted octanol–water partition coefficient (Wildman–Crippen LogP) is 0.855. The van der Waals surface area contributed by atoms with Crippen molar-refractivity contribution < 1.29 is 47.3 Å². The lowest BCUT2D eigenvalue weighted by atomic mass is 10.1. The number of hydrogen-bond acceptors (Lipinski definition) is 10. The van der Waals surface area contributed by atoms with Crippen molar-refractivity contribution in [2.45, 2.75) is 19.3 Å². The molecule has 12 heteroatoms. The Morgan fingerprint density at radius 3 is 2.22 bits per heavy atom. The minimum absolute atomic E-state index is 0.124. The average Bonchev–Trinajstić information content (AvgIpc) is 2.72. The highest BCUT2D eigenvalue weighted by Gasteiger charge is 2.20. The van der Waals surface area contributed by atoms with Crippen LogP contribution in [0.5, 0.6) is 28.7 Å². The van der Waals surface area contributed by atoms with Crippen molar-refractivity contribution in [2.24, 2.45) is 0 Å². The van der Waals surface area contributed by atoms with Gasteiger partial charge in [0.05, 0.1) is 13.1 Å². The molecule has 0 saturated carbocycles. The van der Waals surface area contributed by atoms with E-state index in [1.807, 2.05) is 0 Å². The first-order valence-electron chi connectivity index (χ1n) is 9.59. The summed E-state index contributed by atoms with van der Waals surface area (Å²) < 4.78 is 41.5. The maximum absolute atomic E-state index is 12.3. The Balaban J connectivity index is 0.000000416. The zero-order valence-electron chi connectivity index (χ0n) is 16.6. The molecule has 0 spiro atoms. The molecular formula is C20H21NO10S. The van der Waals surface area contributed by atoms with E-state index >= 15 is 0 Å². The first-order chi connectivity index (χ1) is 15.1. The summed E-state index contributed by atoms with van der Waals surface area (Å²) >= 11 is 0. The van der Waals surface area contributed by atoms with Gasteiger partial charge >= 0.3 is 0 Å². The van der Waals surface area contributed by atoms with E-state index in [2.05, 4.69) is 9.50 Å². The number of phenols is 3. The Bertz CT molecular complexity index is 1280. The fraction of sp³-hybridized carbons (Fsp3) is 0.250. The fourth-order valence-electron chi connectivity index (χ4n) is 3.20. The maximum Gasteiger partial charge on any atom is 0.262 e. The molecule has 0 aliphatic carbocycles. The second-order valence-electron chi connectivity index (χ2n) is 7.05. The zero-order chi connectivity index (χ0) is 23.5. The Kier molecular flexibility index (Phi) is 6.77. The van der Waals surface area contributed by atoms with Crippen LogP contribution in [0.1, 0.15) is 19.3 Å². The van der Waals surface area contributed by atoms with E-state index in [0.29, 0.717) is 0 Å². The Labute approximate surface area is 182 Å². The number of hydrogen-bond donors (Lipinski definition) is 5. The minimum Gasteiger partial charge on any atom is -0.716 e. The highest BCUT2D eigenvalue weighted by atomic mass is 32.3. The normalized spacial score (nSPS) is 13.9. The predicted molar refractivity (Wildman–Crippen MR) is 110 cm³/mol. The third-order valence-electron chi connectivity index (χ3n) is 4.67. The summed E-state index contributed by atoms with van der Waals surface area (Å²) in [6.45, 7) is 2.75. The van der Waals surface area contributed by atoms with Gasteiger partial charge < -0.3 is 38.9 Å². The summed E-state index contributed by atoms with van der Waals surface area (Å²) in [5.41, 5.74) is -1.42. The fourth-order valence-corrected chi connectivity index (χ4v) is 3.55. The topological polar surface area (TPSA) is 194 Å². The average molecular weight is 467 g/mol. The second kappa shape index (κ2) is 9.34. The van der Waals surface area contributed by atoms with E-state index in [-0.39, 0.29) is 16.5 Å². The number of piperidine rings is 1. The van der Waals surface area contributed by atoms with Gasteiger partial charge in [-0.1, -0.05) is 0 Å². The second-order valence-corrected chi connectivity index (χ2v) is 8.03. The van der Waals surface area contributed by atoms with Crippen LogP contribution in [-0.4, -0.2) is 46.5 Å². The van der Waals surface area contributed by atoms with Crippen molar-refractivity contribution in [1.29, 1.82) is 0 Å². The van der Waals surface area contributed by atoms with Gasteiger partial charge in [-0.2, -0.15) is 0 Å². The Morgan fingerprint density at radius 1 is 0.969 bits per heavy atom. The lowest BCUT2D eigenvalue weighted by Gasteiger charge is -2.12. The molecule has 0 bridgehead atoms. The summed E-state index contributed by atoms with van der Waals surface area (Å²) in [5, 5.41) is 40.9. The molecule has 1 aromatic heterocycles. The van der Waals surface area contributed by atoms with Gasteiger partial charge in [0, 0.05) is 17.7 Å². The van der Waals surface area contributed by atoms with E-state index in [9.17, 15) is 38.2 Å². The van der Waals surface area contributed by atoms with Crippen molar-refractivity contribution in [2.75, 3.05) is 13.1 Å². The highest BCUT2D eigenvalue weighted by molar-refractivity contribution is 7.81. The Morgan fingerprint density at radius 2 is 1.66 bits per heavy atom. The van der Waals surface area contributed by atoms with Crippen LogP contribution in [0.2, 0.25) is 0 Å². The molecule has 6 N–H and O–H groups in total. The van der Waals surface area contributed by atoms with Crippen LogP contribution in [0.4, 0.5) is 0 Å². The molecule has 4 rings (SSSR count). The third-order valence-corrected chi connectivity index (χ3v) is 5.05. The highest BCUT2D eigenvalue weighted by Crippen LogP contribution is 2.38. The number of quaternary nitrogens is 1. The van der Waals surface area contributed by atoms with Gasteiger partial charge in [0.15, 0.2) is 17.3 Å². The van der Waals surface area contributed by atoms with Crippen LogP contribution in [0.3, 0.4) is 0 Å². The third kappa shape index (κ3) is 5.41. The van der Waals surface area contributed by atoms with Crippen LogP contribution in [0.15, 0.2) is 39.5 Å². The van der Waals surface area contributed by atoms with Crippen LogP contribution >= 0.6 is 0 Å². The molecule has 3 aromatic rings. The van der Waals surface area contributed by atoms with Crippen LogP contribution < -0.4 is 14.9 Å². The zero-order valence-corrected chi connectivity index (χ0v) is 17.5. The molecule has 1 saturated heterocycles. The van der Waals surface area contributed by atoms with Crippen LogP contribution in [-0.2, 0) is 10.4 Å². The number of fused-ring (bicyclic) bond motifs is 1. The van der Waals surface area contributed by atoms with Gasteiger partial charge in [-0.3, -0.25) is 4.79 Å². The molecule has 0 amide bonds. The van der Waals surface area contributed by atoms with Crippen LogP contribution in [0, 0.1) is 0 Å². The number of benzene rings is 2. The molecule has 0 radical (unpaired) electrons. The van der Waals surface area contributed by atoms with E-state index in [4.69, 9.17) is 4.42 Å². The Hall–Kier alpha value is -3.48. The molecule has 2 aromatic carbocycles. The minimum atomic E-state index is -5.19. The quantitative estimate of drug-likeness (QED) is 0.272. The van der Waals surface area contributed by atoms with Crippen LogP contribution in [0.25, 0.3) is 22.3 Å². The first kappa shape index (κ1) is 23.2. The molecule has 0 unspecified atom stereocenters. The van der Waals surface area contributed by atoms with Crippen molar-refractivity contribution in [3.63, 3.8) is 0 Å². The number of rotatable bonds is 3. The largest absolute Gasteiger partial charge is 0.716 e. The summed E-state index contributed by atoms with van der Waals surface area (Å²) in [4.78, 5) is 12.3. The van der Waals surface area contributed by atoms with Gasteiger partial charge in [0.2, 0.25) is 11.2 Å². The number of nitrogens with two attached hydrogens (primary N) is 1. The molecule has 1 aliphatic heterocycles. The first-order valence-corrected chi connectivity index (χ1v) is 10.9. The van der Waals surface area contributed by atoms with Crippen molar-refractivity contribution in [3.8, 4) is 40.1 Å². The van der Waals surface area contributed by atoms with E-state index in [1.165, 1.54) is 32.4 Å². The SMILES string of the molecule is C1CC[NH2+]CC1.O=c1c(O)c(-c2ccc(O)c(OS(=O)(=O)[O-])c2)oc2cc(O)cc(O)c12. The number of phenolic OH excluding ortho intramolecular Hbond substituents is 3. The molecular weight excluding hydrogens is 446 g/mol. The molecule has 1 aliphatic rings. The molecule has 11 nitrogen and oxygen atoms in total. The smallest absolute Gasteiger partial charge is 0.262 e. The summed E-state index contributed by atoms with van der Waals surface area (Å²) in [7, 11) is -5.19.